The lowest BCUT2D eigenvalue weighted by Crippen LogP contribution is -2.30. The summed E-state index contributed by atoms with van der Waals surface area (Å²) in [6, 6.07) is 0. The van der Waals surface area contributed by atoms with Gasteiger partial charge in [-0.2, -0.15) is 0 Å². The van der Waals surface area contributed by atoms with Gasteiger partial charge in [0.2, 0.25) is 0 Å². The minimum absolute atomic E-state index is 0.100. The molecule has 0 fully saturated rings. The molecule has 0 N–H and O–H groups in total. The maximum atomic E-state index is 12.8. The molecule has 0 spiro atoms. The van der Waals surface area contributed by atoms with Gasteiger partial charge >= 0.3 is 17.9 Å². The molecule has 0 rings (SSSR count). The number of allylic oxidation sites excluding steroid dienone is 14. The second-order valence-corrected chi connectivity index (χ2v) is 17.4. The van der Waals surface area contributed by atoms with Crippen LogP contribution < -0.4 is 0 Å². The van der Waals surface area contributed by atoms with Gasteiger partial charge in [0.25, 0.3) is 0 Å². The Kier molecular flexibility index (Phi) is 49.4. The van der Waals surface area contributed by atoms with Crippen molar-refractivity contribution < 1.29 is 28.6 Å². The van der Waals surface area contributed by atoms with Gasteiger partial charge in [-0.15, -0.1) is 0 Å². The van der Waals surface area contributed by atoms with Crippen molar-refractivity contribution in [2.75, 3.05) is 13.2 Å². The Bertz CT molecular complexity index is 1250. The Labute approximate surface area is 395 Å². The number of hydrogen-bond donors (Lipinski definition) is 0. The van der Waals surface area contributed by atoms with Crippen LogP contribution in [0.4, 0.5) is 0 Å². The van der Waals surface area contributed by atoms with Gasteiger partial charge in [-0.05, 0) is 116 Å². The highest BCUT2D eigenvalue weighted by atomic mass is 16.6. The maximum absolute atomic E-state index is 12.8. The smallest absolute Gasteiger partial charge is 0.306 e. The van der Waals surface area contributed by atoms with Crippen LogP contribution in [-0.2, 0) is 28.6 Å². The fourth-order valence-corrected chi connectivity index (χ4v) is 7.10. The normalized spacial score (nSPS) is 12.7. The van der Waals surface area contributed by atoms with E-state index in [2.05, 4.69) is 106 Å². The first-order valence-corrected chi connectivity index (χ1v) is 26.6. The van der Waals surface area contributed by atoms with Crippen molar-refractivity contribution in [2.45, 2.75) is 252 Å². The lowest BCUT2D eigenvalue weighted by atomic mass is 10.1. The molecule has 64 heavy (non-hydrogen) atoms. The van der Waals surface area contributed by atoms with Gasteiger partial charge in [-0.25, -0.2) is 0 Å². The summed E-state index contributed by atoms with van der Waals surface area (Å²) in [6.45, 7) is 6.44. The van der Waals surface area contributed by atoms with Crippen LogP contribution in [0.15, 0.2) is 85.1 Å². The topological polar surface area (TPSA) is 78.9 Å². The van der Waals surface area contributed by atoms with Crippen LogP contribution in [0.25, 0.3) is 0 Å². The van der Waals surface area contributed by atoms with E-state index in [9.17, 15) is 14.4 Å². The number of unbranched alkanes of at least 4 members (excludes halogenated alkanes) is 22. The van der Waals surface area contributed by atoms with E-state index in [1.165, 1.54) is 103 Å². The largest absolute Gasteiger partial charge is 0.462 e. The quantitative estimate of drug-likeness (QED) is 0.0262. The molecule has 0 aromatic carbocycles. The lowest BCUT2D eigenvalue weighted by Gasteiger charge is -2.18. The molecule has 0 saturated heterocycles. The summed E-state index contributed by atoms with van der Waals surface area (Å²) in [4.78, 5) is 38.0. The summed E-state index contributed by atoms with van der Waals surface area (Å²) in [5, 5.41) is 0. The van der Waals surface area contributed by atoms with Crippen molar-refractivity contribution in [2.24, 2.45) is 0 Å². The fourth-order valence-electron chi connectivity index (χ4n) is 7.10. The molecule has 0 amide bonds. The summed E-state index contributed by atoms with van der Waals surface area (Å²) >= 11 is 0. The fraction of sp³-hybridized carbons (Fsp3) is 0.707. The molecule has 0 aromatic heterocycles. The molecule has 0 aliphatic carbocycles. The molecule has 6 nitrogen and oxygen atoms in total. The van der Waals surface area contributed by atoms with Crippen LogP contribution in [0.5, 0.6) is 0 Å². The molecule has 0 radical (unpaired) electrons. The van der Waals surface area contributed by atoms with Crippen LogP contribution in [0.1, 0.15) is 245 Å². The van der Waals surface area contributed by atoms with E-state index in [1.807, 2.05) is 0 Å². The third-order valence-electron chi connectivity index (χ3n) is 11.1. The van der Waals surface area contributed by atoms with Crippen molar-refractivity contribution in [1.82, 2.24) is 0 Å². The van der Waals surface area contributed by atoms with Crippen molar-refractivity contribution in [3.05, 3.63) is 85.1 Å². The molecule has 0 aliphatic rings. The Morgan fingerprint density at radius 2 is 0.609 bits per heavy atom. The number of hydrogen-bond acceptors (Lipinski definition) is 6. The summed E-state index contributed by atoms with van der Waals surface area (Å²) in [5.74, 6) is -0.958. The third kappa shape index (κ3) is 49.6. The van der Waals surface area contributed by atoms with Gasteiger partial charge in [-0.1, -0.05) is 196 Å². The minimum atomic E-state index is -0.805. The molecule has 6 heteroatoms. The summed E-state index contributed by atoms with van der Waals surface area (Å²) in [6.07, 6.45) is 67.1. The number of esters is 3. The standard InChI is InChI=1S/C58H98O6/c1-4-7-10-13-16-19-22-25-28-29-31-33-36-39-42-45-48-51-57(60)63-54-55(53-62-56(59)50-47-44-41-38-35-32-27-24-21-18-15-12-9-6-3)64-58(61)52-49-46-43-40-37-34-30-26-23-20-17-14-11-8-5-2/h8,11,16-17,19-20,24-28,30,37,40,55H,4-7,9-10,12-15,18,21-23,29,31-36,38-39,41-54H2,1-3H3/b11-8-,19-16-,20-17-,27-24-,28-25-,30-26-,40-37-. The first kappa shape index (κ1) is 60.6. The zero-order valence-corrected chi connectivity index (χ0v) is 41.8. The van der Waals surface area contributed by atoms with Crippen LogP contribution >= 0.6 is 0 Å². The highest BCUT2D eigenvalue weighted by Gasteiger charge is 2.19. The summed E-state index contributed by atoms with van der Waals surface area (Å²) in [5.41, 5.74) is 0. The first-order chi connectivity index (χ1) is 31.5. The van der Waals surface area contributed by atoms with E-state index in [1.54, 1.807) is 0 Å². The van der Waals surface area contributed by atoms with E-state index in [-0.39, 0.29) is 37.5 Å². The average Bonchev–Trinajstić information content (AvgIpc) is 3.29. The van der Waals surface area contributed by atoms with Crippen LogP contribution in [0.3, 0.4) is 0 Å². The van der Waals surface area contributed by atoms with Crippen molar-refractivity contribution >= 4 is 17.9 Å². The van der Waals surface area contributed by atoms with Crippen molar-refractivity contribution in [1.29, 1.82) is 0 Å². The van der Waals surface area contributed by atoms with Gasteiger partial charge in [0, 0.05) is 19.3 Å². The molecule has 0 bridgehead atoms. The summed E-state index contributed by atoms with van der Waals surface area (Å²) in [7, 11) is 0. The molecule has 0 saturated carbocycles. The predicted octanol–water partition coefficient (Wildman–Crippen LogP) is 17.6. The second-order valence-electron chi connectivity index (χ2n) is 17.4. The number of ether oxygens (including phenoxy) is 3. The Balaban J connectivity index is 4.47. The second kappa shape index (κ2) is 52.2. The average molecular weight is 891 g/mol. The highest BCUT2D eigenvalue weighted by Crippen LogP contribution is 2.13. The monoisotopic (exact) mass is 891 g/mol. The van der Waals surface area contributed by atoms with Gasteiger partial charge < -0.3 is 14.2 Å². The van der Waals surface area contributed by atoms with Gasteiger partial charge in [0.1, 0.15) is 13.2 Å². The predicted molar refractivity (Wildman–Crippen MR) is 274 cm³/mol. The molecule has 1 unspecified atom stereocenters. The SMILES string of the molecule is CC/C=C\C/C=C\C/C=C\C/C=C\CCCCC(=O)OC(COC(=O)CCCCCCC/C=C\CCCCCCC)COC(=O)CCCCCCCCC/C=C\C/C=C\CCCCC. The Morgan fingerprint density at radius 1 is 0.328 bits per heavy atom. The number of carbonyl (C=O) groups is 3. The van der Waals surface area contributed by atoms with Gasteiger partial charge in [0.05, 0.1) is 0 Å². The van der Waals surface area contributed by atoms with Crippen LogP contribution in [0, 0.1) is 0 Å². The summed E-state index contributed by atoms with van der Waals surface area (Å²) < 4.78 is 16.8. The van der Waals surface area contributed by atoms with Gasteiger partial charge in [0.15, 0.2) is 6.10 Å². The molecule has 0 aromatic rings. The Morgan fingerprint density at radius 3 is 1.03 bits per heavy atom. The van der Waals surface area contributed by atoms with Crippen molar-refractivity contribution in [3.8, 4) is 0 Å². The van der Waals surface area contributed by atoms with Gasteiger partial charge in [-0.3, -0.25) is 14.4 Å². The molecular formula is C58H98O6. The molecule has 1 atom stereocenters. The zero-order valence-electron chi connectivity index (χ0n) is 41.8. The lowest BCUT2D eigenvalue weighted by molar-refractivity contribution is -0.167. The van der Waals surface area contributed by atoms with Crippen molar-refractivity contribution in [3.63, 3.8) is 0 Å². The molecule has 366 valence electrons. The molecule has 0 aliphatic heterocycles. The van der Waals surface area contributed by atoms with E-state index in [0.717, 1.165) is 96.3 Å². The third-order valence-corrected chi connectivity index (χ3v) is 11.1. The van der Waals surface area contributed by atoms with Crippen LogP contribution in [-0.4, -0.2) is 37.2 Å². The molecule has 0 heterocycles. The van der Waals surface area contributed by atoms with E-state index < -0.39 is 6.10 Å². The highest BCUT2D eigenvalue weighted by molar-refractivity contribution is 5.71. The minimum Gasteiger partial charge on any atom is -0.462 e. The van der Waals surface area contributed by atoms with E-state index >= 15 is 0 Å². The number of carbonyl (C=O) groups excluding carboxylic acids is 3. The van der Waals surface area contributed by atoms with E-state index in [4.69, 9.17) is 14.2 Å². The molecular weight excluding hydrogens is 793 g/mol. The zero-order chi connectivity index (χ0) is 46.5. The Hall–Kier alpha value is -3.41. The van der Waals surface area contributed by atoms with Crippen LogP contribution in [0.2, 0.25) is 0 Å². The van der Waals surface area contributed by atoms with E-state index in [0.29, 0.717) is 19.3 Å². The number of rotatable bonds is 47. The maximum Gasteiger partial charge on any atom is 0.306 e. The first-order valence-electron chi connectivity index (χ1n) is 26.6.